The van der Waals surface area contributed by atoms with Crippen molar-refractivity contribution >= 4 is 28.2 Å². The maximum atomic E-state index is 13.5. The molecule has 4 rings (SSSR count). The molecule has 0 saturated heterocycles. The van der Waals surface area contributed by atoms with Crippen LogP contribution in [0.5, 0.6) is 0 Å². The highest BCUT2D eigenvalue weighted by Crippen LogP contribution is 2.40. The van der Waals surface area contributed by atoms with Crippen molar-refractivity contribution in [2.45, 2.75) is 25.8 Å². The predicted octanol–water partition coefficient (Wildman–Crippen LogP) is 6.42. The monoisotopic (exact) mass is 499 g/mol. The molecular weight excluding hydrogens is 484 g/mol. The molecule has 0 atom stereocenters. The van der Waals surface area contributed by atoms with E-state index in [1.54, 1.807) is 12.1 Å². The molecular formula is C22H15F6N3O2S. The number of thiazole rings is 1. The zero-order valence-electron chi connectivity index (χ0n) is 17.4. The number of halogens is 6. The van der Waals surface area contributed by atoms with Gasteiger partial charge in [0.05, 0.1) is 24.2 Å². The summed E-state index contributed by atoms with van der Waals surface area (Å²) in [6, 6.07) is 9.50. The second-order valence-corrected chi connectivity index (χ2v) is 8.18. The Bertz CT molecular complexity index is 1360. The van der Waals surface area contributed by atoms with Gasteiger partial charge in [-0.2, -0.15) is 31.4 Å². The van der Waals surface area contributed by atoms with Crippen molar-refractivity contribution in [3.8, 4) is 10.6 Å². The van der Waals surface area contributed by atoms with E-state index >= 15 is 0 Å². The first-order valence-electron chi connectivity index (χ1n) is 9.85. The zero-order chi connectivity index (χ0) is 24.7. The van der Waals surface area contributed by atoms with Crippen molar-refractivity contribution in [1.82, 2.24) is 14.8 Å². The Kier molecular flexibility index (Phi) is 6.11. The van der Waals surface area contributed by atoms with E-state index in [4.69, 9.17) is 4.74 Å². The van der Waals surface area contributed by atoms with Gasteiger partial charge >= 0.3 is 18.3 Å². The summed E-state index contributed by atoms with van der Waals surface area (Å²) in [4.78, 5) is 15.1. The maximum absolute atomic E-state index is 13.5. The number of hydrogen-bond acceptors (Lipinski definition) is 5. The topological polar surface area (TPSA) is 57.0 Å². The number of fused-ring (bicyclic) bond motifs is 1. The molecule has 0 amide bonds. The van der Waals surface area contributed by atoms with Gasteiger partial charge in [-0.25, -0.2) is 9.78 Å². The molecule has 2 heterocycles. The molecule has 2 aromatic heterocycles. The molecule has 0 bridgehead atoms. The van der Waals surface area contributed by atoms with Crippen LogP contribution in [0, 0.1) is 0 Å². The van der Waals surface area contributed by atoms with E-state index < -0.39 is 34.5 Å². The summed E-state index contributed by atoms with van der Waals surface area (Å²) in [6.45, 7) is 1.39. The van der Waals surface area contributed by atoms with Crippen molar-refractivity contribution in [1.29, 1.82) is 0 Å². The van der Waals surface area contributed by atoms with Crippen molar-refractivity contribution < 1.29 is 35.9 Å². The van der Waals surface area contributed by atoms with Gasteiger partial charge in [0, 0.05) is 17.1 Å². The van der Waals surface area contributed by atoms with Gasteiger partial charge in [-0.15, -0.1) is 11.3 Å². The molecule has 0 aliphatic heterocycles. The molecule has 0 aliphatic rings. The van der Waals surface area contributed by atoms with Crippen LogP contribution in [0.25, 0.3) is 21.5 Å². The van der Waals surface area contributed by atoms with Gasteiger partial charge in [0.1, 0.15) is 9.88 Å². The summed E-state index contributed by atoms with van der Waals surface area (Å²) in [5.74, 6) is -1.12. The van der Waals surface area contributed by atoms with Crippen molar-refractivity contribution in [2.24, 2.45) is 0 Å². The van der Waals surface area contributed by atoms with Gasteiger partial charge in [-0.1, -0.05) is 24.3 Å². The summed E-state index contributed by atoms with van der Waals surface area (Å²) in [5, 5.41) is 4.71. The first-order chi connectivity index (χ1) is 16.0. The van der Waals surface area contributed by atoms with Crippen LogP contribution < -0.4 is 0 Å². The van der Waals surface area contributed by atoms with Crippen LogP contribution in [0.2, 0.25) is 0 Å². The molecule has 0 fully saturated rings. The van der Waals surface area contributed by atoms with Crippen molar-refractivity contribution in [3.05, 3.63) is 70.4 Å². The van der Waals surface area contributed by atoms with Crippen molar-refractivity contribution in [2.75, 3.05) is 6.61 Å². The standard InChI is InChI=1S/C22H15F6N3O2S/c1-2-33-20(32)17-18(22(26,27)28)29-19(34-17)14-7-4-8-16-15(14)11-31(30-16)10-12-5-3-6-13(9-12)21(23,24)25/h3-9,11H,2,10H2,1H3. The smallest absolute Gasteiger partial charge is 0.435 e. The number of carbonyl (C=O) groups excluding carboxylic acids is 1. The highest BCUT2D eigenvalue weighted by atomic mass is 32.1. The number of ether oxygens (including phenoxy) is 1. The molecule has 34 heavy (non-hydrogen) atoms. The Balaban J connectivity index is 1.74. The van der Waals surface area contributed by atoms with Crippen LogP contribution in [0.1, 0.15) is 33.4 Å². The fourth-order valence-electron chi connectivity index (χ4n) is 3.36. The minimum absolute atomic E-state index is 0.0117. The summed E-state index contributed by atoms with van der Waals surface area (Å²) in [5.41, 5.74) is -1.07. The maximum Gasteiger partial charge on any atom is 0.435 e. The van der Waals surface area contributed by atoms with Crippen LogP contribution in [0.15, 0.2) is 48.7 Å². The number of aromatic nitrogens is 3. The number of esters is 1. The number of benzene rings is 2. The first kappa shape index (κ1) is 23.7. The third-order valence-electron chi connectivity index (χ3n) is 4.78. The van der Waals surface area contributed by atoms with Crippen LogP contribution in [-0.4, -0.2) is 27.3 Å². The number of nitrogens with zero attached hydrogens (tertiary/aromatic N) is 3. The van der Waals surface area contributed by atoms with Crippen molar-refractivity contribution in [3.63, 3.8) is 0 Å². The van der Waals surface area contributed by atoms with E-state index in [9.17, 15) is 31.1 Å². The third-order valence-corrected chi connectivity index (χ3v) is 5.85. The highest BCUT2D eigenvalue weighted by molar-refractivity contribution is 7.17. The average Bonchev–Trinajstić information content (AvgIpc) is 3.37. The van der Waals surface area contributed by atoms with Crippen LogP contribution in [-0.2, 0) is 23.6 Å². The molecule has 0 saturated carbocycles. The fourth-order valence-corrected chi connectivity index (χ4v) is 4.37. The van der Waals surface area contributed by atoms with E-state index in [1.807, 2.05) is 0 Å². The molecule has 2 aromatic carbocycles. The SMILES string of the molecule is CCOC(=O)c1sc(-c2cccc3nn(Cc4cccc(C(F)(F)F)c4)cc23)nc1C(F)(F)F. The van der Waals surface area contributed by atoms with Crippen LogP contribution >= 0.6 is 11.3 Å². The van der Waals surface area contributed by atoms with E-state index in [0.717, 1.165) is 12.1 Å². The first-order valence-corrected chi connectivity index (χ1v) is 10.7. The normalized spacial score (nSPS) is 12.3. The fraction of sp³-hybridized carbons (Fsp3) is 0.227. The summed E-state index contributed by atoms with van der Waals surface area (Å²) < 4.78 is 85.6. The van der Waals surface area contributed by atoms with Gasteiger partial charge in [0.2, 0.25) is 0 Å². The van der Waals surface area contributed by atoms with E-state index in [1.165, 1.54) is 36.0 Å². The largest absolute Gasteiger partial charge is 0.462 e. The Labute approximate surface area is 192 Å². The quantitative estimate of drug-likeness (QED) is 0.235. The van der Waals surface area contributed by atoms with Gasteiger partial charge < -0.3 is 4.74 Å². The predicted molar refractivity (Wildman–Crippen MR) is 112 cm³/mol. The Morgan fingerprint density at radius 1 is 1.06 bits per heavy atom. The van der Waals surface area contributed by atoms with Crippen LogP contribution in [0.4, 0.5) is 26.3 Å². The Morgan fingerprint density at radius 2 is 1.79 bits per heavy atom. The lowest BCUT2D eigenvalue weighted by atomic mass is 10.1. The second-order valence-electron chi connectivity index (χ2n) is 7.18. The zero-order valence-corrected chi connectivity index (χ0v) is 18.2. The van der Waals surface area contributed by atoms with Gasteiger partial charge in [0.15, 0.2) is 5.69 Å². The minimum atomic E-state index is -4.86. The van der Waals surface area contributed by atoms with Gasteiger partial charge in [0.25, 0.3) is 0 Å². The molecule has 0 N–H and O–H groups in total. The highest BCUT2D eigenvalue weighted by Gasteiger charge is 2.40. The van der Waals surface area contributed by atoms with Gasteiger partial charge in [-0.3, -0.25) is 4.68 Å². The Morgan fingerprint density at radius 3 is 2.47 bits per heavy atom. The summed E-state index contributed by atoms with van der Waals surface area (Å²) in [6.07, 6.45) is -7.84. The van der Waals surface area contributed by atoms with E-state index in [-0.39, 0.29) is 18.2 Å². The molecule has 5 nitrogen and oxygen atoms in total. The number of carbonyl (C=O) groups is 1. The number of rotatable bonds is 5. The molecule has 4 aromatic rings. The van der Waals surface area contributed by atoms with E-state index in [0.29, 0.717) is 33.4 Å². The molecule has 0 unspecified atom stereocenters. The molecule has 178 valence electrons. The van der Waals surface area contributed by atoms with Gasteiger partial charge in [-0.05, 0) is 30.7 Å². The average molecular weight is 499 g/mol. The lowest BCUT2D eigenvalue weighted by molar-refractivity contribution is -0.141. The molecule has 0 radical (unpaired) electrons. The third kappa shape index (κ3) is 4.76. The number of hydrogen-bond donors (Lipinski definition) is 0. The Hall–Kier alpha value is -3.41. The second kappa shape index (κ2) is 8.75. The lowest BCUT2D eigenvalue weighted by Gasteiger charge is -2.08. The van der Waals surface area contributed by atoms with E-state index in [2.05, 4.69) is 10.1 Å². The summed E-state index contributed by atoms with van der Waals surface area (Å²) >= 11 is 0.553. The minimum Gasteiger partial charge on any atom is -0.462 e. The number of alkyl halides is 6. The molecule has 12 heteroatoms. The lowest BCUT2D eigenvalue weighted by Crippen LogP contribution is -2.13. The van der Waals surface area contributed by atoms with Crippen LogP contribution in [0.3, 0.4) is 0 Å². The summed E-state index contributed by atoms with van der Waals surface area (Å²) in [7, 11) is 0. The molecule has 0 aliphatic carbocycles. The molecule has 0 spiro atoms.